The number of rotatable bonds is 2. The number of nitrogens with zero attached hydrogens (tertiary/aromatic N) is 2. The summed E-state index contributed by atoms with van der Waals surface area (Å²) in [5, 5.41) is 12.9. The van der Waals surface area contributed by atoms with Crippen LogP contribution in [0.15, 0.2) is 36.0 Å². The average Bonchev–Trinajstić information content (AvgIpc) is 2.53. The summed E-state index contributed by atoms with van der Waals surface area (Å²) in [6.07, 6.45) is 0.480. The van der Waals surface area contributed by atoms with Gasteiger partial charge in [-0.2, -0.15) is 0 Å². The first-order chi connectivity index (χ1) is 8.02. The number of hydroxylamine groups is 2. The van der Waals surface area contributed by atoms with Gasteiger partial charge >= 0.3 is 0 Å². The first-order valence-electron chi connectivity index (χ1n) is 5.73. The molecule has 0 saturated heterocycles. The topological polar surface area (TPSA) is 46.4 Å². The second-order valence-electron chi connectivity index (χ2n) is 4.46. The second kappa shape index (κ2) is 3.96. The van der Waals surface area contributed by atoms with Gasteiger partial charge in [-0.3, -0.25) is 0 Å². The summed E-state index contributed by atoms with van der Waals surface area (Å²) in [5.41, 5.74) is 0.730. The lowest BCUT2D eigenvalue weighted by atomic mass is 10.1. The van der Waals surface area contributed by atoms with E-state index in [1.54, 1.807) is 13.8 Å². The van der Waals surface area contributed by atoms with Crippen LogP contribution in [0.25, 0.3) is 5.70 Å². The van der Waals surface area contributed by atoms with Crippen molar-refractivity contribution in [3.8, 4) is 0 Å². The fourth-order valence-electron chi connectivity index (χ4n) is 2.14. The van der Waals surface area contributed by atoms with E-state index in [0.717, 1.165) is 15.4 Å². The molecule has 0 aliphatic carbocycles. The normalized spacial score (nSPS) is 24.7. The van der Waals surface area contributed by atoms with Gasteiger partial charge in [-0.05, 0) is 19.1 Å². The molecule has 0 unspecified atom stereocenters. The molecule has 4 nitrogen and oxygen atoms in total. The molecule has 1 aromatic rings. The molecule has 1 heterocycles. The Hall–Kier alpha value is -1.68. The smallest absolute Gasteiger partial charge is 0.284 e. The van der Waals surface area contributed by atoms with Crippen molar-refractivity contribution in [3.05, 3.63) is 51.7 Å². The van der Waals surface area contributed by atoms with Crippen LogP contribution >= 0.6 is 0 Å². The number of benzene rings is 1. The van der Waals surface area contributed by atoms with E-state index in [-0.39, 0.29) is 0 Å². The largest absolute Gasteiger partial charge is 0.753 e. The van der Waals surface area contributed by atoms with Gasteiger partial charge in [0, 0.05) is 18.3 Å². The number of hydrogen-bond donors (Lipinski definition) is 0. The van der Waals surface area contributed by atoms with Crippen LogP contribution in [0, 0.1) is 10.1 Å². The maximum atomic E-state index is 12.3. The highest BCUT2D eigenvalue weighted by Crippen LogP contribution is 2.39. The van der Waals surface area contributed by atoms with Crippen LogP contribution in [-0.2, 0) is 0 Å². The highest BCUT2D eigenvalue weighted by Gasteiger charge is 2.51. The second-order valence-corrected chi connectivity index (χ2v) is 4.46. The number of nitroso groups, excluding NO2 is 1. The third-order valence-corrected chi connectivity index (χ3v) is 3.44. The molecule has 90 valence electrons. The average molecular weight is 232 g/mol. The number of allylic oxidation sites excluding steroid dienone is 1. The van der Waals surface area contributed by atoms with Crippen molar-refractivity contribution >= 4 is 5.70 Å². The van der Waals surface area contributed by atoms with E-state index in [2.05, 4.69) is 0 Å². The lowest BCUT2D eigenvalue weighted by Gasteiger charge is -2.34. The Morgan fingerprint density at radius 2 is 1.94 bits per heavy atom. The Balaban J connectivity index is 2.53. The molecular weight excluding hydrogens is 216 g/mol. The summed E-state index contributed by atoms with van der Waals surface area (Å²) in [7, 11) is 0. The minimum atomic E-state index is -1.02. The summed E-state index contributed by atoms with van der Waals surface area (Å²) in [5.74, 6) is 0. The van der Waals surface area contributed by atoms with Gasteiger partial charge in [-0.15, -0.1) is 0 Å². The van der Waals surface area contributed by atoms with Crippen LogP contribution in [-0.4, -0.2) is 15.5 Å². The zero-order valence-corrected chi connectivity index (χ0v) is 10.3. The molecule has 2 rings (SSSR count). The molecule has 0 bridgehead atoms. The van der Waals surface area contributed by atoms with E-state index in [9.17, 15) is 10.1 Å². The minimum absolute atomic E-state index is 0.477. The van der Waals surface area contributed by atoms with E-state index >= 15 is 0 Å². The molecule has 4 heteroatoms. The lowest BCUT2D eigenvalue weighted by molar-refractivity contribution is -0.555. The maximum Gasteiger partial charge on any atom is 0.284 e. The minimum Gasteiger partial charge on any atom is -0.753 e. The van der Waals surface area contributed by atoms with E-state index in [0.29, 0.717) is 17.8 Å². The quantitative estimate of drug-likeness (QED) is 0.736. The third-order valence-electron chi connectivity index (χ3n) is 3.44. The Morgan fingerprint density at radius 3 is 2.41 bits per heavy atom. The van der Waals surface area contributed by atoms with Crippen LogP contribution in [0.3, 0.4) is 0 Å². The SMILES string of the molecule is CC[C@@]1(C)N([O-])C(C)=C(c2ccccc2)[N+]1=O. The molecule has 0 radical (unpaired) electrons. The molecule has 0 aromatic heterocycles. The molecule has 17 heavy (non-hydrogen) atoms. The molecule has 1 atom stereocenters. The zero-order chi connectivity index (χ0) is 12.6. The summed E-state index contributed by atoms with van der Waals surface area (Å²) in [6.45, 7) is 5.21. The Kier molecular flexibility index (Phi) is 2.75. The maximum absolute atomic E-state index is 12.3. The van der Waals surface area contributed by atoms with Gasteiger partial charge in [0.25, 0.3) is 11.4 Å². The molecule has 0 N–H and O–H groups in total. The summed E-state index contributed by atoms with van der Waals surface area (Å²) < 4.78 is 0.838. The molecule has 0 amide bonds. The standard InChI is InChI=1S/C13H16N2O2/c1-4-13(3)14(16)10(2)12(15(13)17)11-8-6-5-7-9-11/h5-9H,4H2,1-3H3/t13-/m0/s1. The van der Waals surface area contributed by atoms with Gasteiger partial charge in [0.15, 0.2) is 0 Å². The van der Waals surface area contributed by atoms with Crippen LogP contribution in [0.2, 0.25) is 0 Å². The molecular formula is C13H16N2O2. The van der Waals surface area contributed by atoms with Crippen LogP contribution in [0.5, 0.6) is 0 Å². The molecule has 0 spiro atoms. The van der Waals surface area contributed by atoms with Crippen molar-refractivity contribution < 1.29 is 4.76 Å². The predicted octanol–water partition coefficient (Wildman–Crippen LogP) is 3.09. The first kappa shape index (κ1) is 11.8. The molecule has 1 aliphatic heterocycles. The molecule has 0 fully saturated rings. The summed E-state index contributed by atoms with van der Waals surface area (Å²) in [4.78, 5) is 12.3. The Labute approximate surface area is 101 Å². The van der Waals surface area contributed by atoms with Gasteiger partial charge in [0.2, 0.25) is 0 Å². The Bertz CT molecular complexity index is 481. The molecule has 0 saturated carbocycles. The first-order valence-corrected chi connectivity index (χ1v) is 5.73. The van der Waals surface area contributed by atoms with Crippen molar-refractivity contribution in [1.82, 2.24) is 5.06 Å². The van der Waals surface area contributed by atoms with Crippen molar-refractivity contribution in [1.29, 1.82) is 0 Å². The molecule has 1 aromatic carbocycles. The van der Waals surface area contributed by atoms with E-state index in [1.807, 2.05) is 37.3 Å². The van der Waals surface area contributed by atoms with Crippen molar-refractivity contribution in [3.63, 3.8) is 0 Å². The van der Waals surface area contributed by atoms with Crippen LogP contribution in [0.1, 0.15) is 32.8 Å². The van der Waals surface area contributed by atoms with E-state index in [4.69, 9.17) is 0 Å². The van der Waals surface area contributed by atoms with Gasteiger partial charge in [-0.25, -0.2) is 0 Å². The fraction of sp³-hybridized carbons (Fsp3) is 0.385. The number of hydrogen-bond acceptors (Lipinski definition) is 3. The van der Waals surface area contributed by atoms with Crippen molar-refractivity contribution in [2.45, 2.75) is 32.9 Å². The van der Waals surface area contributed by atoms with Gasteiger partial charge in [-0.1, -0.05) is 25.1 Å². The van der Waals surface area contributed by atoms with Crippen molar-refractivity contribution in [2.75, 3.05) is 0 Å². The Morgan fingerprint density at radius 1 is 1.35 bits per heavy atom. The van der Waals surface area contributed by atoms with Crippen LogP contribution < -0.4 is 0 Å². The monoisotopic (exact) mass is 232 g/mol. The van der Waals surface area contributed by atoms with E-state index in [1.165, 1.54) is 0 Å². The lowest BCUT2D eigenvalue weighted by Crippen LogP contribution is -2.43. The highest BCUT2D eigenvalue weighted by molar-refractivity contribution is 5.63. The van der Waals surface area contributed by atoms with Crippen LogP contribution in [0.4, 0.5) is 0 Å². The van der Waals surface area contributed by atoms with Crippen molar-refractivity contribution in [2.24, 2.45) is 0 Å². The fourth-order valence-corrected chi connectivity index (χ4v) is 2.14. The highest BCUT2D eigenvalue weighted by atomic mass is 16.5. The van der Waals surface area contributed by atoms with E-state index < -0.39 is 5.66 Å². The third kappa shape index (κ3) is 1.56. The zero-order valence-electron chi connectivity index (χ0n) is 10.3. The van der Waals surface area contributed by atoms with Gasteiger partial charge in [0.05, 0.1) is 16.0 Å². The summed E-state index contributed by atoms with van der Waals surface area (Å²) >= 11 is 0. The van der Waals surface area contributed by atoms with Gasteiger partial charge < -0.3 is 10.3 Å². The molecule has 1 aliphatic rings. The summed E-state index contributed by atoms with van der Waals surface area (Å²) in [6, 6.07) is 9.30. The van der Waals surface area contributed by atoms with Gasteiger partial charge in [0.1, 0.15) is 0 Å². The predicted molar refractivity (Wildman–Crippen MR) is 66.6 cm³/mol.